The summed E-state index contributed by atoms with van der Waals surface area (Å²) in [6.07, 6.45) is -0.833. The lowest BCUT2D eigenvalue weighted by molar-refractivity contribution is 0.150. The van der Waals surface area contributed by atoms with Gasteiger partial charge in [-0.25, -0.2) is 4.79 Å². The molecule has 0 aliphatic heterocycles. The highest BCUT2D eigenvalue weighted by atomic mass is 79.9. The molecule has 0 aromatic heterocycles. The predicted octanol–water partition coefficient (Wildman–Crippen LogP) is 6.37. The number of benzene rings is 3. The van der Waals surface area contributed by atoms with Gasteiger partial charge >= 0.3 is 6.03 Å². The zero-order valence-corrected chi connectivity index (χ0v) is 18.4. The highest BCUT2D eigenvalue weighted by Gasteiger charge is 2.28. The third-order valence-electron chi connectivity index (χ3n) is 4.42. The van der Waals surface area contributed by atoms with Crippen molar-refractivity contribution < 1.29 is 9.90 Å². The van der Waals surface area contributed by atoms with E-state index in [2.05, 4.69) is 37.2 Å². The maximum atomic E-state index is 13.1. The number of carbonyl (C=O) groups is 1. The number of amides is 2. The number of rotatable bonds is 5. The molecule has 0 saturated heterocycles. The molecule has 2 unspecified atom stereocenters. The Bertz CT molecular complexity index is 916. The normalized spacial score (nSPS) is 12.9. The van der Waals surface area contributed by atoms with E-state index in [-0.39, 0.29) is 6.03 Å². The Hall–Kier alpha value is -2.15. The number of halogens is 2. The monoisotopic (exact) mass is 502 g/mol. The topological polar surface area (TPSA) is 52.6 Å². The van der Waals surface area contributed by atoms with Gasteiger partial charge in [0.2, 0.25) is 0 Å². The van der Waals surface area contributed by atoms with Gasteiger partial charge < -0.3 is 10.4 Å². The van der Waals surface area contributed by atoms with Crippen molar-refractivity contribution in [3.05, 3.63) is 93.4 Å². The number of urea groups is 1. The van der Waals surface area contributed by atoms with Crippen LogP contribution in [-0.2, 0) is 0 Å². The first-order chi connectivity index (χ1) is 13.5. The van der Waals surface area contributed by atoms with Crippen molar-refractivity contribution >= 4 is 49.3 Å². The number of nitrogens with zero attached hydrogens (tertiary/aromatic N) is 1. The number of carbonyl (C=O) groups excluding carboxylic acids is 1. The van der Waals surface area contributed by atoms with Crippen LogP contribution in [0.1, 0.15) is 18.6 Å². The molecule has 2 N–H and O–H groups in total. The fraction of sp³-hybridized carbons (Fsp3) is 0.136. The average Bonchev–Trinajstić information content (AvgIpc) is 2.71. The van der Waals surface area contributed by atoms with Crippen molar-refractivity contribution in [1.29, 1.82) is 0 Å². The summed E-state index contributed by atoms with van der Waals surface area (Å²) >= 11 is 6.81. The van der Waals surface area contributed by atoms with Crippen molar-refractivity contribution in [2.45, 2.75) is 19.1 Å². The summed E-state index contributed by atoms with van der Waals surface area (Å²) in [5.74, 6) is 0. The molecule has 4 nitrogen and oxygen atoms in total. The summed E-state index contributed by atoms with van der Waals surface area (Å²) in [6, 6.07) is 23.4. The van der Waals surface area contributed by atoms with Gasteiger partial charge in [-0.3, -0.25) is 4.90 Å². The van der Waals surface area contributed by atoms with Crippen LogP contribution in [0.15, 0.2) is 87.8 Å². The van der Waals surface area contributed by atoms with Crippen molar-refractivity contribution in [2.75, 3.05) is 10.2 Å². The number of anilines is 2. The molecule has 0 fully saturated rings. The van der Waals surface area contributed by atoms with Gasteiger partial charge in [-0.1, -0.05) is 62.2 Å². The highest BCUT2D eigenvalue weighted by molar-refractivity contribution is 9.10. The Kier molecular flexibility index (Phi) is 6.88. The fourth-order valence-corrected chi connectivity index (χ4v) is 3.45. The molecular formula is C22H20Br2N2O2. The van der Waals surface area contributed by atoms with Crippen molar-refractivity contribution in [3.8, 4) is 0 Å². The molecule has 3 rings (SSSR count). The second-order valence-electron chi connectivity index (χ2n) is 6.38. The summed E-state index contributed by atoms with van der Waals surface area (Å²) in [7, 11) is 0. The van der Waals surface area contributed by atoms with Gasteiger partial charge in [0, 0.05) is 20.3 Å². The summed E-state index contributed by atoms with van der Waals surface area (Å²) in [6.45, 7) is 1.83. The maximum absolute atomic E-state index is 13.1. The Morgan fingerprint density at radius 1 is 0.893 bits per heavy atom. The molecule has 2 atom stereocenters. The largest absolute Gasteiger partial charge is 0.386 e. The van der Waals surface area contributed by atoms with Crippen molar-refractivity contribution in [2.24, 2.45) is 0 Å². The minimum absolute atomic E-state index is 0.313. The molecule has 0 bridgehead atoms. The highest BCUT2D eigenvalue weighted by Crippen LogP contribution is 2.28. The zero-order chi connectivity index (χ0) is 20.1. The second-order valence-corrected chi connectivity index (χ2v) is 8.21. The van der Waals surface area contributed by atoms with Gasteiger partial charge in [-0.2, -0.15) is 0 Å². The van der Waals surface area contributed by atoms with E-state index in [1.54, 1.807) is 4.90 Å². The van der Waals surface area contributed by atoms with E-state index in [0.29, 0.717) is 11.4 Å². The number of aliphatic hydroxyl groups excluding tert-OH is 1. The molecule has 3 aromatic carbocycles. The lowest BCUT2D eigenvalue weighted by Gasteiger charge is -2.33. The van der Waals surface area contributed by atoms with E-state index < -0.39 is 12.1 Å². The van der Waals surface area contributed by atoms with Gasteiger partial charge in [-0.15, -0.1) is 0 Å². The van der Waals surface area contributed by atoms with E-state index in [0.717, 1.165) is 14.5 Å². The molecule has 0 saturated carbocycles. The first kappa shape index (κ1) is 20.6. The van der Waals surface area contributed by atoms with Crippen LogP contribution >= 0.6 is 31.9 Å². The smallest absolute Gasteiger partial charge is 0.326 e. The summed E-state index contributed by atoms with van der Waals surface area (Å²) < 4.78 is 1.85. The van der Waals surface area contributed by atoms with Crippen LogP contribution in [0, 0.1) is 0 Å². The van der Waals surface area contributed by atoms with Gasteiger partial charge in [0.25, 0.3) is 0 Å². The maximum Gasteiger partial charge on any atom is 0.326 e. The Morgan fingerprint density at radius 2 is 1.43 bits per heavy atom. The Labute approximate surface area is 181 Å². The molecule has 0 aliphatic carbocycles. The first-order valence-corrected chi connectivity index (χ1v) is 10.4. The van der Waals surface area contributed by atoms with Gasteiger partial charge in [-0.05, 0) is 61.0 Å². The predicted molar refractivity (Wildman–Crippen MR) is 121 cm³/mol. The van der Waals surface area contributed by atoms with Crippen LogP contribution in [0.4, 0.5) is 16.2 Å². The minimum Gasteiger partial charge on any atom is -0.386 e. The van der Waals surface area contributed by atoms with E-state index in [1.165, 1.54) is 0 Å². The van der Waals surface area contributed by atoms with E-state index in [9.17, 15) is 9.90 Å². The first-order valence-electron chi connectivity index (χ1n) is 8.80. The number of nitrogens with one attached hydrogen (secondary N) is 1. The van der Waals surface area contributed by atoms with Crippen molar-refractivity contribution in [3.63, 3.8) is 0 Å². The molecule has 0 spiro atoms. The van der Waals surface area contributed by atoms with Gasteiger partial charge in [0.1, 0.15) is 0 Å². The third kappa shape index (κ3) is 5.01. The van der Waals surface area contributed by atoms with Crippen LogP contribution < -0.4 is 10.2 Å². The Morgan fingerprint density at radius 3 is 2.00 bits per heavy atom. The van der Waals surface area contributed by atoms with Crippen LogP contribution in [0.3, 0.4) is 0 Å². The van der Waals surface area contributed by atoms with Crippen LogP contribution in [0.2, 0.25) is 0 Å². The summed E-state index contributed by atoms with van der Waals surface area (Å²) in [4.78, 5) is 14.7. The molecule has 0 heterocycles. The molecular weight excluding hydrogens is 484 g/mol. The average molecular weight is 504 g/mol. The SMILES string of the molecule is CC(C(O)c1ccccc1)N(C(=O)Nc1ccc(Br)cc1)c1ccc(Br)cc1. The standard InChI is InChI=1S/C22H20Br2N2O2/c1-15(21(27)16-5-3-2-4-6-16)26(20-13-9-18(24)10-14-20)22(28)25-19-11-7-17(23)8-12-19/h2-15,21,27H,1H3,(H,25,28). The van der Waals surface area contributed by atoms with Crippen LogP contribution in [-0.4, -0.2) is 17.2 Å². The molecule has 0 radical (unpaired) electrons. The number of hydrogen-bond acceptors (Lipinski definition) is 2. The summed E-state index contributed by atoms with van der Waals surface area (Å²) in [5.41, 5.74) is 2.13. The molecule has 2 amide bonds. The van der Waals surface area contributed by atoms with E-state index >= 15 is 0 Å². The minimum atomic E-state index is -0.833. The van der Waals surface area contributed by atoms with E-state index in [1.807, 2.05) is 85.8 Å². The number of hydrogen-bond donors (Lipinski definition) is 2. The number of aliphatic hydroxyl groups is 1. The van der Waals surface area contributed by atoms with Crippen LogP contribution in [0.25, 0.3) is 0 Å². The Balaban J connectivity index is 1.91. The molecule has 144 valence electrons. The van der Waals surface area contributed by atoms with Crippen molar-refractivity contribution in [1.82, 2.24) is 0 Å². The quantitative estimate of drug-likeness (QED) is 0.424. The van der Waals surface area contributed by atoms with Gasteiger partial charge in [0.05, 0.1) is 12.1 Å². The molecule has 0 aliphatic rings. The fourth-order valence-electron chi connectivity index (χ4n) is 2.93. The molecule has 3 aromatic rings. The lowest BCUT2D eigenvalue weighted by atomic mass is 10.0. The second kappa shape index (κ2) is 9.37. The summed E-state index contributed by atoms with van der Waals surface area (Å²) in [5, 5.41) is 13.8. The van der Waals surface area contributed by atoms with Gasteiger partial charge in [0.15, 0.2) is 0 Å². The van der Waals surface area contributed by atoms with E-state index in [4.69, 9.17) is 0 Å². The zero-order valence-electron chi connectivity index (χ0n) is 15.2. The third-order valence-corrected chi connectivity index (χ3v) is 5.48. The molecule has 28 heavy (non-hydrogen) atoms. The van der Waals surface area contributed by atoms with Crippen LogP contribution in [0.5, 0.6) is 0 Å². The molecule has 6 heteroatoms. The lowest BCUT2D eigenvalue weighted by Crippen LogP contribution is -2.44.